The predicted molar refractivity (Wildman–Crippen MR) is 97.6 cm³/mol. The molecule has 2 aromatic rings. The molecule has 1 fully saturated rings. The number of amides is 1. The maximum atomic E-state index is 12.8. The van der Waals surface area contributed by atoms with Gasteiger partial charge in [-0.1, -0.05) is 12.1 Å². The molecular weight excluding hydrogens is 314 g/mol. The second-order valence-corrected chi connectivity index (χ2v) is 6.87. The molecule has 0 unspecified atom stereocenters. The Morgan fingerprint density at radius 1 is 1.28 bits per heavy atom. The molecule has 3 rings (SSSR count). The van der Waals surface area contributed by atoms with E-state index in [-0.39, 0.29) is 5.91 Å². The van der Waals surface area contributed by atoms with Gasteiger partial charge < -0.3 is 9.64 Å². The highest BCUT2D eigenvalue weighted by Crippen LogP contribution is 2.29. The minimum Gasteiger partial charge on any atom is -0.497 e. The first-order chi connectivity index (χ1) is 12.0. The Morgan fingerprint density at radius 2 is 1.96 bits per heavy atom. The molecule has 0 N–H and O–H groups in total. The van der Waals surface area contributed by atoms with Gasteiger partial charge >= 0.3 is 0 Å². The summed E-state index contributed by atoms with van der Waals surface area (Å²) in [6.45, 7) is 4.76. The molecule has 0 saturated heterocycles. The zero-order valence-corrected chi connectivity index (χ0v) is 15.6. The van der Waals surface area contributed by atoms with Gasteiger partial charge in [0.15, 0.2) is 0 Å². The number of aryl methyl sites for hydroxylation is 2. The highest BCUT2D eigenvalue weighted by atomic mass is 16.5. The van der Waals surface area contributed by atoms with E-state index in [1.807, 2.05) is 47.8 Å². The monoisotopic (exact) mass is 341 g/mol. The number of benzene rings is 1. The van der Waals surface area contributed by atoms with Gasteiger partial charge in [-0.25, -0.2) is 0 Å². The van der Waals surface area contributed by atoms with E-state index in [9.17, 15) is 4.79 Å². The van der Waals surface area contributed by atoms with E-state index in [1.54, 1.807) is 7.11 Å². The molecule has 1 amide bonds. The maximum absolute atomic E-state index is 12.8. The fraction of sp³-hybridized carbons (Fsp3) is 0.500. The van der Waals surface area contributed by atoms with Gasteiger partial charge in [0, 0.05) is 31.7 Å². The van der Waals surface area contributed by atoms with Crippen LogP contribution in [0.4, 0.5) is 0 Å². The largest absolute Gasteiger partial charge is 0.497 e. The average molecular weight is 341 g/mol. The Kier molecular flexibility index (Phi) is 5.11. The highest BCUT2D eigenvalue weighted by molar-refractivity contribution is 5.77. The second-order valence-electron chi connectivity index (χ2n) is 6.87. The van der Waals surface area contributed by atoms with Crippen molar-refractivity contribution in [2.75, 3.05) is 7.11 Å². The molecule has 0 atom stereocenters. The summed E-state index contributed by atoms with van der Waals surface area (Å²) in [7, 11) is 3.62. The zero-order valence-electron chi connectivity index (χ0n) is 15.6. The van der Waals surface area contributed by atoms with Gasteiger partial charge in [0.2, 0.25) is 5.91 Å². The molecule has 25 heavy (non-hydrogen) atoms. The fourth-order valence-electron chi connectivity index (χ4n) is 3.29. The Bertz CT molecular complexity index is 745. The van der Waals surface area contributed by atoms with Crippen molar-refractivity contribution in [2.45, 2.75) is 52.1 Å². The van der Waals surface area contributed by atoms with Crippen molar-refractivity contribution in [1.29, 1.82) is 0 Å². The van der Waals surface area contributed by atoms with Crippen molar-refractivity contribution in [3.63, 3.8) is 0 Å². The van der Waals surface area contributed by atoms with Crippen LogP contribution < -0.4 is 4.74 Å². The van der Waals surface area contributed by atoms with Gasteiger partial charge in [0.05, 0.1) is 12.8 Å². The molecule has 1 aromatic carbocycles. The summed E-state index contributed by atoms with van der Waals surface area (Å²) in [5.41, 5.74) is 4.53. The van der Waals surface area contributed by atoms with E-state index >= 15 is 0 Å². The van der Waals surface area contributed by atoms with Gasteiger partial charge in [-0.15, -0.1) is 0 Å². The van der Waals surface area contributed by atoms with E-state index in [1.165, 1.54) is 5.56 Å². The molecule has 0 aliphatic heterocycles. The first-order valence-corrected chi connectivity index (χ1v) is 8.91. The number of carbonyl (C=O) groups excluding carboxylic acids is 1. The predicted octanol–water partition coefficient (Wildman–Crippen LogP) is 3.17. The summed E-state index contributed by atoms with van der Waals surface area (Å²) >= 11 is 0. The lowest BCUT2D eigenvalue weighted by Crippen LogP contribution is -2.32. The number of ether oxygens (including phenoxy) is 1. The minimum atomic E-state index is 0.237. The van der Waals surface area contributed by atoms with Crippen LogP contribution in [0.1, 0.15) is 41.8 Å². The van der Waals surface area contributed by atoms with Gasteiger partial charge in [-0.05, 0) is 56.4 Å². The SMILES string of the molecule is COc1ccc(CN(C(=O)CCc2c(C)nn(C)c2C)C2CC2)cc1. The zero-order chi connectivity index (χ0) is 18.0. The lowest BCUT2D eigenvalue weighted by molar-refractivity contribution is -0.132. The standard InChI is InChI=1S/C20H27N3O2/c1-14-19(15(2)22(3)21-14)11-12-20(24)23(17-7-8-17)13-16-5-9-18(25-4)10-6-16/h5-6,9-10,17H,7-8,11-13H2,1-4H3. The number of rotatable bonds is 7. The highest BCUT2D eigenvalue weighted by Gasteiger charge is 2.32. The minimum absolute atomic E-state index is 0.237. The third-order valence-corrected chi connectivity index (χ3v) is 5.07. The van der Waals surface area contributed by atoms with Crippen LogP contribution in [0.2, 0.25) is 0 Å². The number of hydrogen-bond donors (Lipinski definition) is 0. The lowest BCUT2D eigenvalue weighted by Gasteiger charge is -2.23. The molecule has 0 radical (unpaired) electrons. The molecule has 1 heterocycles. The van der Waals surface area contributed by atoms with Crippen LogP contribution >= 0.6 is 0 Å². The van der Waals surface area contributed by atoms with E-state index in [4.69, 9.17) is 4.74 Å². The van der Waals surface area contributed by atoms with Crippen molar-refractivity contribution >= 4 is 5.91 Å². The Balaban J connectivity index is 1.64. The summed E-state index contributed by atoms with van der Waals surface area (Å²) in [6.07, 6.45) is 3.54. The van der Waals surface area contributed by atoms with Crippen molar-refractivity contribution in [1.82, 2.24) is 14.7 Å². The summed E-state index contributed by atoms with van der Waals surface area (Å²) in [5, 5.41) is 4.44. The van der Waals surface area contributed by atoms with Crippen LogP contribution in [0.25, 0.3) is 0 Å². The molecule has 5 nitrogen and oxygen atoms in total. The molecular formula is C20H27N3O2. The van der Waals surface area contributed by atoms with E-state index in [0.29, 0.717) is 19.0 Å². The van der Waals surface area contributed by atoms with Crippen LogP contribution in [0.5, 0.6) is 5.75 Å². The van der Waals surface area contributed by atoms with Crippen molar-refractivity contribution < 1.29 is 9.53 Å². The van der Waals surface area contributed by atoms with Crippen LogP contribution in [-0.4, -0.2) is 33.7 Å². The fourth-order valence-corrected chi connectivity index (χ4v) is 3.29. The van der Waals surface area contributed by atoms with Crippen LogP contribution in [0, 0.1) is 13.8 Å². The smallest absolute Gasteiger partial charge is 0.223 e. The molecule has 1 aromatic heterocycles. The summed E-state index contributed by atoms with van der Waals surface area (Å²) in [4.78, 5) is 14.9. The molecule has 0 bridgehead atoms. The first-order valence-electron chi connectivity index (χ1n) is 8.91. The van der Waals surface area contributed by atoms with Gasteiger partial charge in [-0.3, -0.25) is 9.48 Å². The number of methoxy groups -OCH3 is 1. The molecule has 1 aliphatic rings. The summed E-state index contributed by atoms with van der Waals surface area (Å²) in [5.74, 6) is 1.08. The molecule has 0 spiro atoms. The quantitative estimate of drug-likeness (QED) is 0.777. The third kappa shape index (κ3) is 4.03. The molecule has 1 aliphatic carbocycles. The summed E-state index contributed by atoms with van der Waals surface area (Å²) < 4.78 is 7.10. The van der Waals surface area contributed by atoms with Gasteiger partial charge in [0.25, 0.3) is 0 Å². The number of hydrogen-bond acceptors (Lipinski definition) is 3. The van der Waals surface area contributed by atoms with E-state index < -0.39 is 0 Å². The number of carbonyl (C=O) groups is 1. The maximum Gasteiger partial charge on any atom is 0.223 e. The first kappa shape index (κ1) is 17.5. The molecule has 5 heteroatoms. The van der Waals surface area contributed by atoms with Crippen LogP contribution in [0.3, 0.4) is 0 Å². The van der Waals surface area contributed by atoms with Crippen LogP contribution in [-0.2, 0) is 24.8 Å². The average Bonchev–Trinajstić information content (AvgIpc) is 3.41. The Hall–Kier alpha value is -2.30. The lowest BCUT2D eigenvalue weighted by atomic mass is 10.1. The van der Waals surface area contributed by atoms with Gasteiger partial charge in [0.1, 0.15) is 5.75 Å². The topological polar surface area (TPSA) is 47.4 Å². The van der Waals surface area contributed by atoms with E-state index in [0.717, 1.165) is 42.0 Å². The van der Waals surface area contributed by atoms with Crippen molar-refractivity contribution in [3.05, 3.63) is 46.8 Å². The van der Waals surface area contributed by atoms with E-state index in [2.05, 4.69) is 12.0 Å². The van der Waals surface area contributed by atoms with Crippen LogP contribution in [0.15, 0.2) is 24.3 Å². The second kappa shape index (κ2) is 7.30. The van der Waals surface area contributed by atoms with Gasteiger partial charge in [-0.2, -0.15) is 5.10 Å². The third-order valence-electron chi connectivity index (χ3n) is 5.07. The normalized spacial score (nSPS) is 13.8. The summed E-state index contributed by atoms with van der Waals surface area (Å²) in [6, 6.07) is 8.39. The van der Waals surface area contributed by atoms with Crippen molar-refractivity contribution in [2.24, 2.45) is 7.05 Å². The number of nitrogens with zero attached hydrogens (tertiary/aromatic N) is 3. The number of aromatic nitrogens is 2. The molecule has 1 saturated carbocycles. The molecule has 134 valence electrons. The Labute approximate surface area is 149 Å². The Morgan fingerprint density at radius 3 is 2.48 bits per heavy atom. The van der Waals surface area contributed by atoms with Crippen molar-refractivity contribution in [3.8, 4) is 5.75 Å².